The van der Waals surface area contributed by atoms with Gasteiger partial charge in [-0.25, -0.2) is 0 Å². The molecular weight excluding hydrogens is 238 g/mol. The van der Waals surface area contributed by atoms with E-state index in [0.29, 0.717) is 12.3 Å². The van der Waals surface area contributed by atoms with Crippen LogP contribution in [0, 0.1) is 5.92 Å². The summed E-state index contributed by atoms with van der Waals surface area (Å²) in [5, 5.41) is 3.06. The highest BCUT2D eigenvalue weighted by molar-refractivity contribution is 5.78. The van der Waals surface area contributed by atoms with Crippen LogP contribution in [0.4, 0.5) is 0 Å². The Labute approximate surface area is 115 Å². The highest BCUT2D eigenvalue weighted by Gasteiger charge is 2.14. The molecule has 1 aromatic carbocycles. The quantitative estimate of drug-likeness (QED) is 0.885. The van der Waals surface area contributed by atoms with Gasteiger partial charge in [0.05, 0.1) is 13.5 Å². The molecule has 1 saturated carbocycles. The summed E-state index contributed by atoms with van der Waals surface area (Å²) in [6, 6.07) is 7.67. The van der Waals surface area contributed by atoms with Crippen LogP contribution in [0.3, 0.4) is 0 Å². The number of carbonyl (C=O) groups is 1. The minimum Gasteiger partial charge on any atom is -0.497 e. The van der Waals surface area contributed by atoms with Crippen LogP contribution in [0.5, 0.6) is 5.75 Å². The maximum absolute atomic E-state index is 11.9. The van der Waals surface area contributed by atoms with Gasteiger partial charge in [0.2, 0.25) is 5.91 Å². The normalized spacial score (nSPS) is 16.1. The molecule has 0 atom stereocenters. The van der Waals surface area contributed by atoms with Crippen LogP contribution in [-0.4, -0.2) is 19.6 Å². The lowest BCUT2D eigenvalue weighted by atomic mass is 9.89. The molecule has 0 aliphatic heterocycles. The van der Waals surface area contributed by atoms with Crippen molar-refractivity contribution < 1.29 is 9.53 Å². The lowest BCUT2D eigenvalue weighted by molar-refractivity contribution is -0.120. The van der Waals surface area contributed by atoms with Crippen LogP contribution in [0.1, 0.15) is 37.7 Å². The van der Waals surface area contributed by atoms with Gasteiger partial charge < -0.3 is 10.1 Å². The van der Waals surface area contributed by atoms with Gasteiger partial charge >= 0.3 is 0 Å². The van der Waals surface area contributed by atoms with E-state index in [9.17, 15) is 4.79 Å². The number of ether oxygens (including phenoxy) is 1. The van der Waals surface area contributed by atoms with Crippen molar-refractivity contribution >= 4 is 5.91 Å². The first-order valence-electron chi connectivity index (χ1n) is 7.17. The van der Waals surface area contributed by atoms with Gasteiger partial charge in [0.25, 0.3) is 0 Å². The number of benzene rings is 1. The molecule has 1 fully saturated rings. The smallest absolute Gasteiger partial charge is 0.224 e. The monoisotopic (exact) mass is 261 g/mol. The molecule has 0 heterocycles. The van der Waals surface area contributed by atoms with Gasteiger partial charge in [-0.1, -0.05) is 31.4 Å². The first-order chi connectivity index (χ1) is 9.28. The van der Waals surface area contributed by atoms with E-state index in [4.69, 9.17) is 4.74 Å². The lowest BCUT2D eigenvalue weighted by Crippen LogP contribution is -2.31. The van der Waals surface area contributed by atoms with Gasteiger partial charge in [0.15, 0.2) is 0 Å². The molecule has 3 heteroatoms. The van der Waals surface area contributed by atoms with Crippen LogP contribution in [0.15, 0.2) is 24.3 Å². The Balaban J connectivity index is 1.73. The maximum Gasteiger partial charge on any atom is 0.224 e. The van der Waals surface area contributed by atoms with Crippen LogP contribution in [0.2, 0.25) is 0 Å². The van der Waals surface area contributed by atoms with Crippen molar-refractivity contribution in [3.05, 3.63) is 29.8 Å². The zero-order valence-electron chi connectivity index (χ0n) is 11.7. The predicted molar refractivity (Wildman–Crippen MR) is 76.3 cm³/mol. The SMILES string of the molecule is COc1ccc(CC(=O)NCC2CCCCC2)cc1. The number of methoxy groups -OCH3 is 1. The van der Waals surface area contributed by atoms with E-state index < -0.39 is 0 Å². The first-order valence-corrected chi connectivity index (χ1v) is 7.17. The average Bonchev–Trinajstić information content (AvgIpc) is 2.47. The van der Waals surface area contributed by atoms with Gasteiger partial charge in [-0.2, -0.15) is 0 Å². The van der Waals surface area contributed by atoms with Crippen molar-refractivity contribution in [1.29, 1.82) is 0 Å². The summed E-state index contributed by atoms with van der Waals surface area (Å²) in [7, 11) is 1.64. The Bertz CT molecular complexity index is 394. The predicted octanol–water partition coefficient (Wildman–Crippen LogP) is 2.93. The summed E-state index contributed by atoms with van der Waals surface area (Å²) in [5.74, 6) is 1.63. The Morgan fingerprint density at radius 2 is 1.89 bits per heavy atom. The third kappa shape index (κ3) is 4.58. The molecule has 0 spiro atoms. The molecule has 0 unspecified atom stereocenters. The van der Waals surface area contributed by atoms with Crippen LogP contribution in [-0.2, 0) is 11.2 Å². The largest absolute Gasteiger partial charge is 0.497 e. The standard InChI is InChI=1S/C16H23NO2/c1-19-15-9-7-13(8-10-15)11-16(18)17-12-14-5-3-2-4-6-14/h7-10,14H,2-6,11-12H2,1H3,(H,17,18). The third-order valence-corrected chi connectivity index (χ3v) is 3.84. The zero-order valence-corrected chi connectivity index (χ0v) is 11.7. The lowest BCUT2D eigenvalue weighted by Gasteiger charge is -2.21. The second kappa shape index (κ2) is 7.17. The Morgan fingerprint density at radius 1 is 1.21 bits per heavy atom. The molecule has 1 amide bonds. The van der Waals surface area contributed by atoms with Crippen molar-refractivity contribution in [2.45, 2.75) is 38.5 Å². The molecule has 104 valence electrons. The zero-order chi connectivity index (χ0) is 13.5. The number of rotatable bonds is 5. The fourth-order valence-corrected chi connectivity index (χ4v) is 2.64. The van der Waals surface area contributed by atoms with Crippen molar-refractivity contribution in [3.63, 3.8) is 0 Å². The van der Waals surface area contributed by atoms with E-state index in [-0.39, 0.29) is 5.91 Å². The van der Waals surface area contributed by atoms with Crippen molar-refractivity contribution in [2.75, 3.05) is 13.7 Å². The highest BCUT2D eigenvalue weighted by Crippen LogP contribution is 2.22. The van der Waals surface area contributed by atoms with Crippen LogP contribution >= 0.6 is 0 Å². The van der Waals surface area contributed by atoms with Gasteiger partial charge in [-0.05, 0) is 36.5 Å². The molecule has 19 heavy (non-hydrogen) atoms. The highest BCUT2D eigenvalue weighted by atomic mass is 16.5. The van der Waals surface area contributed by atoms with Gasteiger partial charge in [0, 0.05) is 6.54 Å². The molecule has 0 saturated heterocycles. The van der Waals surface area contributed by atoms with Crippen molar-refractivity contribution in [1.82, 2.24) is 5.32 Å². The second-order valence-corrected chi connectivity index (χ2v) is 5.33. The summed E-state index contributed by atoms with van der Waals surface area (Å²) < 4.78 is 5.10. The first kappa shape index (κ1) is 13.9. The minimum atomic E-state index is 0.121. The number of carbonyl (C=O) groups excluding carboxylic acids is 1. The summed E-state index contributed by atoms with van der Waals surface area (Å²) in [4.78, 5) is 11.9. The Kier molecular flexibility index (Phi) is 5.25. The van der Waals surface area contributed by atoms with Crippen molar-refractivity contribution in [3.8, 4) is 5.75 Å². The van der Waals surface area contributed by atoms with Gasteiger partial charge in [-0.3, -0.25) is 4.79 Å². The number of hydrogen-bond acceptors (Lipinski definition) is 2. The van der Waals surface area contributed by atoms with Crippen LogP contribution in [0.25, 0.3) is 0 Å². The van der Waals surface area contributed by atoms with E-state index >= 15 is 0 Å². The number of amides is 1. The van der Waals surface area contributed by atoms with Gasteiger partial charge in [0.1, 0.15) is 5.75 Å². The molecule has 2 rings (SSSR count). The Hall–Kier alpha value is -1.51. The molecule has 1 aliphatic carbocycles. The van der Waals surface area contributed by atoms with Gasteiger partial charge in [-0.15, -0.1) is 0 Å². The summed E-state index contributed by atoms with van der Waals surface area (Å²) in [6.45, 7) is 0.842. The van der Waals surface area contributed by atoms with Crippen LogP contribution < -0.4 is 10.1 Å². The molecule has 0 radical (unpaired) electrons. The van der Waals surface area contributed by atoms with E-state index in [2.05, 4.69) is 5.32 Å². The number of nitrogens with one attached hydrogen (secondary N) is 1. The number of hydrogen-bond donors (Lipinski definition) is 1. The minimum absolute atomic E-state index is 0.121. The van der Waals surface area contributed by atoms with E-state index in [0.717, 1.165) is 17.9 Å². The molecule has 1 N–H and O–H groups in total. The fourth-order valence-electron chi connectivity index (χ4n) is 2.64. The summed E-state index contributed by atoms with van der Waals surface area (Å²) in [5.41, 5.74) is 1.03. The average molecular weight is 261 g/mol. The van der Waals surface area contributed by atoms with E-state index in [1.165, 1.54) is 32.1 Å². The summed E-state index contributed by atoms with van der Waals surface area (Å²) >= 11 is 0. The summed E-state index contributed by atoms with van der Waals surface area (Å²) in [6.07, 6.45) is 6.98. The molecule has 3 nitrogen and oxygen atoms in total. The van der Waals surface area contributed by atoms with Crippen molar-refractivity contribution in [2.24, 2.45) is 5.92 Å². The van der Waals surface area contributed by atoms with E-state index in [1.807, 2.05) is 24.3 Å². The molecule has 1 aromatic rings. The van der Waals surface area contributed by atoms with E-state index in [1.54, 1.807) is 7.11 Å². The third-order valence-electron chi connectivity index (χ3n) is 3.84. The fraction of sp³-hybridized carbons (Fsp3) is 0.562. The maximum atomic E-state index is 11.9. The Morgan fingerprint density at radius 3 is 2.53 bits per heavy atom. The molecule has 0 aromatic heterocycles. The topological polar surface area (TPSA) is 38.3 Å². The molecule has 0 bridgehead atoms. The molecular formula is C16H23NO2. The second-order valence-electron chi connectivity index (χ2n) is 5.33. The molecule has 1 aliphatic rings.